The number of aromatic nitrogens is 1. The lowest BCUT2D eigenvalue weighted by molar-refractivity contribution is 0.0932. The van der Waals surface area contributed by atoms with Gasteiger partial charge in [0.2, 0.25) is 0 Å². The van der Waals surface area contributed by atoms with Gasteiger partial charge < -0.3 is 11.1 Å². The Morgan fingerprint density at radius 2 is 2.24 bits per heavy atom. The second kappa shape index (κ2) is 5.60. The third-order valence-electron chi connectivity index (χ3n) is 3.34. The zero-order valence-electron chi connectivity index (χ0n) is 10.1. The van der Waals surface area contributed by atoms with Crippen molar-refractivity contribution in [3.8, 4) is 0 Å². The molecule has 17 heavy (non-hydrogen) atoms. The first-order valence-electron chi connectivity index (χ1n) is 6.15. The van der Waals surface area contributed by atoms with E-state index in [2.05, 4.69) is 10.3 Å². The SMILES string of the molecule is Cc1ncsc1C(=O)NC1CCCCCC1N. The Labute approximate surface area is 106 Å². The first-order chi connectivity index (χ1) is 8.18. The van der Waals surface area contributed by atoms with Gasteiger partial charge in [0, 0.05) is 12.1 Å². The van der Waals surface area contributed by atoms with Crippen molar-refractivity contribution < 1.29 is 4.79 Å². The maximum Gasteiger partial charge on any atom is 0.263 e. The van der Waals surface area contributed by atoms with E-state index in [9.17, 15) is 4.79 Å². The maximum atomic E-state index is 12.1. The lowest BCUT2D eigenvalue weighted by atomic mass is 10.0. The lowest BCUT2D eigenvalue weighted by Crippen LogP contribution is -2.46. The van der Waals surface area contributed by atoms with E-state index in [0.717, 1.165) is 25.0 Å². The second-order valence-electron chi connectivity index (χ2n) is 4.65. The number of carbonyl (C=O) groups is 1. The molecular weight excluding hydrogens is 234 g/mol. The Hall–Kier alpha value is -0.940. The van der Waals surface area contributed by atoms with Crippen molar-refractivity contribution >= 4 is 17.2 Å². The molecule has 2 rings (SSSR count). The number of hydrogen-bond donors (Lipinski definition) is 2. The number of nitrogens with zero attached hydrogens (tertiary/aromatic N) is 1. The van der Waals surface area contributed by atoms with Crippen LogP contribution in [-0.4, -0.2) is 23.0 Å². The highest BCUT2D eigenvalue weighted by atomic mass is 32.1. The molecule has 0 spiro atoms. The third kappa shape index (κ3) is 3.04. The topological polar surface area (TPSA) is 68.0 Å². The number of nitrogens with one attached hydrogen (secondary N) is 1. The molecule has 5 heteroatoms. The molecule has 0 bridgehead atoms. The van der Waals surface area contributed by atoms with Crippen LogP contribution in [0.5, 0.6) is 0 Å². The molecule has 0 aromatic carbocycles. The van der Waals surface area contributed by atoms with Gasteiger partial charge in [-0.25, -0.2) is 4.98 Å². The van der Waals surface area contributed by atoms with Crippen molar-refractivity contribution in [3.63, 3.8) is 0 Å². The average Bonchev–Trinajstić information content (AvgIpc) is 2.63. The molecule has 1 fully saturated rings. The highest BCUT2D eigenvalue weighted by molar-refractivity contribution is 7.11. The van der Waals surface area contributed by atoms with Crippen LogP contribution in [0.15, 0.2) is 5.51 Å². The summed E-state index contributed by atoms with van der Waals surface area (Å²) < 4.78 is 0. The van der Waals surface area contributed by atoms with Crippen LogP contribution in [0, 0.1) is 6.92 Å². The van der Waals surface area contributed by atoms with Crippen LogP contribution < -0.4 is 11.1 Å². The minimum atomic E-state index is -0.0210. The number of carbonyl (C=O) groups excluding carboxylic acids is 1. The molecule has 0 radical (unpaired) electrons. The number of nitrogens with two attached hydrogens (primary N) is 1. The second-order valence-corrected chi connectivity index (χ2v) is 5.50. The van der Waals surface area contributed by atoms with Gasteiger partial charge in [-0.2, -0.15) is 0 Å². The maximum absolute atomic E-state index is 12.1. The van der Waals surface area contributed by atoms with Gasteiger partial charge in [0.25, 0.3) is 5.91 Å². The van der Waals surface area contributed by atoms with Crippen molar-refractivity contribution in [2.75, 3.05) is 0 Å². The van der Waals surface area contributed by atoms with Crippen molar-refractivity contribution in [1.82, 2.24) is 10.3 Å². The van der Waals surface area contributed by atoms with E-state index >= 15 is 0 Å². The molecule has 1 saturated carbocycles. The summed E-state index contributed by atoms with van der Waals surface area (Å²) in [5.41, 5.74) is 8.60. The quantitative estimate of drug-likeness (QED) is 0.790. The first kappa shape index (κ1) is 12.5. The molecule has 3 N–H and O–H groups in total. The Bertz CT molecular complexity index is 391. The third-order valence-corrected chi connectivity index (χ3v) is 4.26. The summed E-state index contributed by atoms with van der Waals surface area (Å²) in [6, 6.07) is 0.209. The number of rotatable bonds is 2. The van der Waals surface area contributed by atoms with E-state index in [1.165, 1.54) is 24.2 Å². The number of hydrogen-bond acceptors (Lipinski definition) is 4. The fourth-order valence-corrected chi connectivity index (χ4v) is 2.97. The van der Waals surface area contributed by atoms with Gasteiger partial charge in [0.05, 0.1) is 11.2 Å². The monoisotopic (exact) mass is 253 g/mol. The summed E-state index contributed by atoms with van der Waals surface area (Å²) >= 11 is 1.39. The van der Waals surface area contributed by atoms with Crippen LogP contribution in [0.25, 0.3) is 0 Å². The fraction of sp³-hybridized carbons (Fsp3) is 0.667. The minimum Gasteiger partial charge on any atom is -0.347 e. The molecular formula is C12H19N3OS. The van der Waals surface area contributed by atoms with Crippen LogP contribution in [-0.2, 0) is 0 Å². The molecule has 1 aromatic rings. The zero-order chi connectivity index (χ0) is 12.3. The summed E-state index contributed by atoms with van der Waals surface area (Å²) in [4.78, 5) is 16.9. The zero-order valence-corrected chi connectivity index (χ0v) is 10.9. The van der Waals surface area contributed by atoms with Crippen molar-refractivity contribution in [2.24, 2.45) is 5.73 Å². The molecule has 0 saturated heterocycles. The van der Waals surface area contributed by atoms with E-state index in [4.69, 9.17) is 5.73 Å². The van der Waals surface area contributed by atoms with E-state index < -0.39 is 0 Å². The van der Waals surface area contributed by atoms with Gasteiger partial charge in [-0.3, -0.25) is 4.79 Å². The van der Waals surface area contributed by atoms with E-state index in [1.807, 2.05) is 6.92 Å². The predicted molar refractivity (Wildman–Crippen MR) is 69.2 cm³/mol. The molecule has 2 atom stereocenters. The summed E-state index contributed by atoms with van der Waals surface area (Å²) in [6.45, 7) is 1.86. The van der Waals surface area contributed by atoms with Crippen LogP contribution in [0.1, 0.15) is 47.5 Å². The smallest absolute Gasteiger partial charge is 0.263 e. The highest BCUT2D eigenvalue weighted by Crippen LogP contribution is 2.18. The molecule has 1 aliphatic rings. The summed E-state index contributed by atoms with van der Waals surface area (Å²) in [5.74, 6) is -0.0210. The van der Waals surface area contributed by atoms with Gasteiger partial charge >= 0.3 is 0 Å². The molecule has 1 amide bonds. The van der Waals surface area contributed by atoms with Gasteiger partial charge in [-0.05, 0) is 19.8 Å². The van der Waals surface area contributed by atoms with Crippen molar-refractivity contribution in [1.29, 1.82) is 0 Å². The molecule has 1 aliphatic carbocycles. The Morgan fingerprint density at radius 1 is 1.47 bits per heavy atom. The number of aryl methyl sites for hydroxylation is 1. The Morgan fingerprint density at radius 3 is 2.94 bits per heavy atom. The highest BCUT2D eigenvalue weighted by Gasteiger charge is 2.23. The van der Waals surface area contributed by atoms with Gasteiger partial charge in [0.15, 0.2) is 0 Å². The Kier molecular flexibility index (Phi) is 4.12. The lowest BCUT2D eigenvalue weighted by Gasteiger charge is -2.22. The minimum absolute atomic E-state index is 0.0210. The number of amides is 1. The van der Waals surface area contributed by atoms with E-state index in [0.29, 0.717) is 4.88 Å². The van der Waals surface area contributed by atoms with Gasteiger partial charge in [-0.1, -0.05) is 19.3 Å². The molecule has 1 heterocycles. The molecule has 0 aliphatic heterocycles. The number of thiazole rings is 1. The molecule has 94 valence electrons. The van der Waals surface area contributed by atoms with Crippen LogP contribution >= 0.6 is 11.3 Å². The average molecular weight is 253 g/mol. The first-order valence-corrected chi connectivity index (χ1v) is 7.03. The summed E-state index contributed by atoms with van der Waals surface area (Å²) in [7, 11) is 0. The normalized spacial score (nSPS) is 25.3. The van der Waals surface area contributed by atoms with E-state index in [1.54, 1.807) is 5.51 Å². The molecule has 4 nitrogen and oxygen atoms in total. The standard InChI is InChI=1S/C12H19N3OS/c1-8-11(17-7-14-8)12(16)15-10-6-4-2-3-5-9(10)13/h7,9-10H,2-6,13H2,1H3,(H,15,16). The van der Waals surface area contributed by atoms with Crippen molar-refractivity contribution in [2.45, 2.75) is 51.1 Å². The molecule has 2 unspecified atom stereocenters. The summed E-state index contributed by atoms with van der Waals surface area (Å²) in [5, 5.41) is 3.06. The van der Waals surface area contributed by atoms with Crippen LogP contribution in [0.2, 0.25) is 0 Å². The van der Waals surface area contributed by atoms with Gasteiger partial charge in [0.1, 0.15) is 4.88 Å². The van der Waals surface area contributed by atoms with Crippen LogP contribution in [0.4, 0.5) is 0 Å². The van der Waals surface area contributed by atoms with E-state index in [-0.39, 0.29) is 18.0 Å². The predicted octanol–water partition coefficient (Wildman–Crippen LogP) is 1.84. The Balaban J connectivity index is 2.00. The van der Waals surface area contributed by atoms with Gasteiger partial charge in [-0.15, -0.1) is 11.3 Å². The molecule has 1 aromatic heterocycles. The summed E-state index contributed by atoms with van der Waals surface area (Å²) in [6.07, 6.45) is 5.55. The fourth-order valence-electron chi connectivity index (χ4n) is 2.27. The largest absolute Gasteiger partial charge is 0.347 e. The van der Waals surface area contributed by atoms with Crippen LogP contribution in [0.3, 0.4) is 0 Å². The van der Waals surface area contributed by atoms with Crippen molar-refractivity contribution in [3.05, 3.63) is 16.1 Å².